The van der Waals surface area contributed by atoms with Crippen LogP contribution in [0.1, 0.15) is 11.1 Å². The molecule has 0 aliphatic rings. The monoisotopic (exact) mass is 550 g/mol. The van der Waals surface area contributed by atoms with Gasteiger partial charge in [0.05, 0.1) is 29.3 Å². The molecule has 2 heterocycles. The van der Waals surface area contributed by atoms with Crippen LogP contribution in [-0.4, -0.2) is 20.0 Å². The van der Waals surface area contributed by atoms with E-state index in [9.17, 15) is 13.2 Å². The van der Waals surface area contributed by atoms with E-state index in [0.717, 1.165) is 42.9 Å². The first-order valence-corrected chi connectivity index (χ1v) is 10.8. The van der Waals surface area contributed by atoms with Crippen molar-refractivity contribution < 1.29 is 13.2 Å². The molecule has 0 saturated heterocycles. The summed E-state index contributed by atoms with van der Waals surface area (Å²) in [7, 11) is 0. The highest BCUT2D eigenvalue weighted by molar-refractivity contribution is 9.11. The summed E-state index contributed by atoms with van der Waals surface area (Å²) in [6.07, 6.45) is -0.701. The lowest BCUT2D eigenvalue weighted by atomic mass is 10.1. The highest BCUT2D eigenvalue weighted by Crippen LogP contribution is 2.30. The molecule has 0 atom stereocenters. The van der Waals surface area contributed by atoms with Crippen molar-refractivity contribution in [3.8, 4) is 0 Å². The average molecular weight is 552 g/mol. The Balaban J connectivity index is 0.000000192. The van der Waals surface area contributed by atoms with E-state index in [2.05, 4.69) is 47.2 Å². The van der Waals surface area contributed by atoms with Crippen molar-refractivity contribution in [3.05, 3.63) is 93.1 Å². The number of fused-ring (bicyclic) bond motifs is 2. The van der Waals surface area contributed by atoms with Crippen molar-refractivity contribution in [1.29, 1.82) is 0 Å². The average Bonchev–Trinajstić information content (AvgIpc) is 3.36. The molecule has 2 aromatic heterocycles. The second-order valence-electron chi connectivity index (χ2n) is 6.77. The SMILES string of the molecule is Brc1cccc2[nH]ncc12.FC(F)(F)c1cccc(Cn2cc3c(Br)cccc3n2)c1. The molecule has 31 heavy (non-hydrogen) atoms. The van der Waals surface area contributed by atoms with Crippen LogP contribution in [0.15, 0.2) is 82.0 Å². The maximum Gasteiger partial charge on any atom is 0.416 e. The fraction of sp³-hybridized carbons (Fsp3) is 0.0909. The molecule has 0 aliphatic carbocycles. The van der Waals surface area contributed by atoms with E-state index in [1.807, 2.05) is 42.6 Å². The van der Waals surface area contributed by atoms with Gasteiger partial charge in [-0.1, -0.05) is 56.1 Å². The van der Waals surface area contributed by atoms with Gasteiger partial charge in [0.15, 0.2) is 0 Å². The molecule has 4 nitrogen and oxygen atoms in total. The molecule has 3 aromatic carbocycles. The second kappa shape index (κ2) is 8.84. The summed E-state index contributed by atoms with van der Waals surface area (Å²) in [5, 5.41) is 13.2. The van der Waals surface area contributed by atoms with Gasteiger partial charge in [-0.3, -0.25) is 9.78 Å². The van der Waals surface area contributed by atoms with Crippen LogP contribution < -0.4 is 0 Å². The van der Waals surface area contributed by atoms with Crippen LogP contribution >= 0.6 is 31.9 Å². The Labute approximate surface area is 192 Å². The largest absolute Gasteiger partial charge is 0.416 e. The third kappa shape index (κ3) is 4.99. The fourth-order valence-corrected chi connectivity index (χ4v) is 4.03. The Morgan fingerprint density at radius 1 is 0.903 bits per heavy atom. The molecular formula is C22H15Br2F3N4. The highest BCUT2D eigenvalue weighted by Gasteiger charge is 2.30. The molecule has 9 heteroatoms. The van der Waals surface area contributed by atoms with Gasteiger partial charge in [-0.2, -0.15) is 23.4 Å². The molecule has 0 radical (unpaired) electrons. The minimum Gasteiger partial charge on any atom is -0.278 e. The van der Waals surface area contributed by atoms with Gasteiger partial charge in [0, 0.05) is 25.9 Å². The second-order valence-corrected chi connectivity index (χ2v) is 8.48. The number of alkyl halides is 3. The molecule has 0 saturated carbocycles. The highest BCUT2D eigenvalue weighted by atomic mass is 79.9. The molecule has 5 aromatic rings. The molecular weight excluding hydrogens is 537 g/mol. The number of nitrogens with one attached hydrogen (secondary N) is 1. The molecule has 0 bridgehead atoms. The van der Waals surface area contributed by atoms with E-state index >= 15 is 0 Å². The summed E-state index contributed by atoms with van der Waals surface area (Å²) in [6, 6.07) is 16.9. The topological polar surface area (TPSA) is 46.5 Å². The number of halogens is 5. The number of aromatic amines is 1. The minimum absolute atomic E-state index is 0.297. The third-order valence-corrected chi connectivity index (χ3v) is 5.96. The van der Waals surface area contributed by atoms with Gasteiger partial charge in [0.1, 0.15) is 0 Å². The summed E-state index contributed by atoms with van der Waals surface area (Å²) in [6.45, 7) is 0.297. The molecule has 0 fully saturated rings. The van der Waals surface area contributed by atoms with Gasteiger partial charge >= 0.3 is 6.18 Å². The minimum atomic E-state index is -4.33. The Hall–Kier alpha value is -2.65. The van der Waals surface area contributed by atoms with Crippen molar-refractivity contribution in [2.45, 2.75) is 12.7 Å². The van der Waals surface area contributed by atoms with E-state index in [-0.39, 0.29) is 0 Å². The zero-order chi connectivity index (χ0) is 22.0. The number of nitrogens with zero attached hydrogens (tertiary/aromatic N) is 3. The van der Waals surface area contributed by atoms with E-state index in [0.29, 0.717) is 12.1 Å². The van der Waals surface area contributed by atoms with Crippen LogP contribution in [0.25, 0.3) is 21.8 Å². The number of benzene rings is 3. The number of hydrogen-bond donors (Lipinski definition) is 1. The number of rotatable bonds is 2. The molecule has 0 amide bonds. The van der Waals surface area contributed by atoms with Crippen LogP contribution in [0.5, 0.6) is 0 Å². The number of aromatic nitrogens is 4. The van der Waals surface area contributed by atoms with Crippen LogP contribution in [0, 0.1) is 0 Å². The quantitative estimate of drug-likeness (QED) is 0.252. The van der Waals surface area contributed by atoms with Crippen molar-refractivity contribution in [2.75, 3.05) is 0 Å². The number of H-pyrrole nitrogens is 1. The van der Waals surface area contributed by atoms with Gasteiger partial charge < -0.3 is 0 Å². The summed E-state index contributed by atoms with van der Waals surface area (Å²) in [5.74, 6) is 0. The van der Waals surface area contributed by atoms with Crippen LogP contribution in [0.3, 0.4) is 0 Å². The van der Waals surface area contributed by atoms with Gasteiger partial charge in [-0.25, -0.2) is 0 Å². The lowest BCUT2D eigenvalue weighted by Crippen LogP contribution is -2.07. The first kappa shape index (κ1) is 21.6. The van der Waals surface area contributed by atoms with Crippen LogP contribution in [-0.2, 0) is 12.7 Å². The van der Waals surface area contributed by atoms with Crippen LogP contribution in [0.2, 0.25) is 0 Å². The lowest BCUT2D eigenvalue weighted by Gasteiger charge is -2.08. The Morgan fingerprint density at radius 3 is 2.32 bits per heavy atom. The Morgan fingerprint density at radius 2 is 1.61 bits per heavy atom. The Bertz CT molecular complexity index is 1340. The molecule has 0 aliphatic heterocycles. The fourth-order valence-electron chi connectivity index (χ4n) is 3.10. The van der Waals surface area contributed by atoms with Gasteiger partial charge in [0.2, 0.25) is 0 Å². The summed E-state index contributed by atoms with van der Waals surface area (Å²) < 4.78 is 41.7. The number of hydrogen-bond acceptors (Lipinski definition) is 2. The summed E-state index contributed by atoms with van der Waals surface area (Å²) in [4.78, 5) is 0. The van der Waals surface area contributed by atoms with Crippen molar-refractivity contribution >= 4 is 53.7 Å². The standard InChI is InChI=1S/C15H10BrF3N2.C7H5BrN2/c16-13-5-2-6-14-12(13)9-21(20-14)8-10-3-1-4-11(7-10)15(17,18)19;8-6-2-1-3-7-5(6)4-9-10-7/h1-7,9H,8H2;1-4H,(H,9,10). The molecule has 5 rings (SSSR count). The van der Waals surface area contributed by atoms with Crippen molar-refractivity contribution in [2.24, 2.45) is 0 Å². The first-order valence-electron chi connectivity index (χ1n) is 9.17. The molecule has 1 N–H and O–H groups in total. The predicted octanol–water partition coefficient (Wildman–Crippen LogP) is 7.19. The van der Waals surface area contributed by atoms with Gasteiger partial charge in [-0.15, -0.1) is 0 Å². The zero-order valence-electron chi connectivity index (χ0n) is 15.9. The predicted molar refractivity (Wildman–Crippen MR) is 122 cm³/mol. The van der Waals surface area contributed by atoms with E-state index in [4.69, 9.17) is 0 Å². The smallest absolute Gasteiger partial charge is 0.278 e. The van der Waals surface area contributed by atoms with Gasteiger partial charge in [-0.05, 0) is 42.0 Å². The summed E-state index contributed by atoms with van der Waals surface area (Å²) in [5.41, 5.74) is 1.79. The van der Waals surface area contributed by atoms with E-state index < -0.39 is 11.7 Å². The summed E-state index contributed by atoms with van der Waals surface area (Å²) >= 11 is 6.85. The zero-order valence-corrected chi connectivity index (χ0v) is 19.0. The normalized spacial score (nSPS) is 11.5. The molecule has 0 unspecified atom stereocenters. The maximum atomic E-state index is 12.7. The van der Waals surface area contributed by atoms with Crippen LogP contribution in [0.4, 0.5) is 13.2 Å². The van der Waals surface area contributed by atoms with E-state index in [1.54, 1.807) is 16.9 Å². The maximum absolute atomic E-state index is 12.7. The molecule has 158 valence electrons. The van der Waals surface area contributed by atoms with E-state index in [1.165, 1.54) is 6.07 Å². The third-order valence-electron chi connectivity index (χ3n) is 4.57. The molecule has 0 spiro atoms. The Kier molecular flexibility index (Phi) is 6.15. The first-order chi connectivity index (χ1) is 14.8. The van der Waals surface area contributed by atoms with Gasteiger partial charge in [0.25, 0.3) is 0 Å². The lowest BCUT2D eigenvalue weighted by molar-refractivity contribution is -0.137. The van der Waals surface area contributed by atoms with Crippen molar-refractivity contribution in [1.82, 2.24) is 20.0 Å². The van der Waals surface area contributed by atoms with Crippen molar-refractivity contribution in [3.63, 3.8) is 0 Å².